The van der Waals surface area contributed by atoms with Crippen LogP contribution in [-0.2, 0) is 0 Å². The van der Waals surface area contributed by atoms with Gasteiger partial charge < -0.3 is 5.32 Å². The Morgan fingerprint density at radius 2 is 2.24 bits per heavy atom. The molecule has 2 fully saturated rings. The van der Waals surface area contributed by atoms with Gasteiger partial charge in [0.25, 0.3) is 0 Å². The standard InChI is InChI=1S/C11H16ClN5/c12-8-5-14-10(17-13)16-9(8)15-6-11(3-4-11)7-1-2-7/h5,7H,1-4,6,13H2,(H2,14,15,16,17). The van der Waals surface area contributed by atoms with Gasteiger partial charge >= 0.3 is 0 Å². The fraction of sp³-hybridized carbons (Fsp3) is 0.636. The molecule has 17 heavy (non-hydrogen) atoms. The minimum Gasteiger partial charge on any atom is -0.368 e. The van der Waals surface area contributed by atoms with E-state index < -0.39 is 0 Å². The first-order valence-electron chi connectivity index (χ1n) is 5.96. The summed E-state index contributed by atoms with van der Waals surface area (Å²) in [5.74, 6) is 7.25. The van der Waals surface area contributed by atoms with Crippen LogP contribution < -0.4 is 16.6 Å². The van der Waals surface area contributed by atoms with Gasteiger partial charge in [-0.05, 0) is 37.0 Å². The highest BCUT2D eigenvalue weighted by Crippen LogP contribution is 2.61. The van der Waals surface area contributed by atoms with Crippen molar-refractivity contribution in [1.29, 1.82) is 0 Å². The number of hydrogen-bond acceptors (Lipinski definition) is 5. The Morgan fingerprint density at radius 1 is 1.47 bits per heavy atom. The highest BCUT2D eigenvalue weighted by Gasteiger charge is 2.53. The molecule has 4 N–H and O–H groups in total. The van der Waals surface area contributed by atoms with Crippen LogP contribution in [0.15, 0.2) is 6.20 Å². The molecule has 1 aromatic rings. The van der Waals surface area contributed by atoms with Crippen LogP contribution in [0, 0.1) is 11.3 Å². The number of hydrogen-bond donors (Lipinski definition) is 3. The van der Waals surface area contributed by atoms with E-state index in [0.717, 1.165) is 12.5 Å². The number of rotatable bonds is 5. The Balaban J connectivity index is 1.68. The van der Waals surface area contributed by atoms with Gasteiger partial charge in [0.05, 0.1) is 6.20 Å². The quantitative estimate of drug-likeness (QED) is 0.553. The molecule has 6 heteroatoms. The number of aromatic nitrogens is 2. The number of hydrazine groups is 1. The molecule has 0 saturated heterocycles. The molecule has 1 heterocycles. The Labute approximate surface area is 105 Å². The van der Waals surface area contributed by atoms with E-state index in [1.54, 1.807) is 6.20 Å². The Morgan fingerprint density at radius 3 is 2.82 bits per heavy atom. The van der Waals surface area contributed by atoms with Crippen LogP contribution in [0.1, 0.15) is 25.7 Å². The second-order valence-electron chi connectivity index (χ2n) is 5.02. The monoisotopic (exact) mass is 253 g/mol. The average molecular weight is 254 g/mol. The minimum atomic E-state index is 0.383. The Kier molecular flexibility index (Phi) is 2.60. The molecule has 0 bridgehead atoms. The predicted octanol–water partition coefficient (Wildman–Crippen LogP) is 2.02. The Hall–Kier alpha value is -1.07. The number of nitrogens with two attached hydrogens (primary N) is 1. The highest BCUT2D eigenvalue weighted by atomic mass is 35.5. The van der Waals surface area contributed by atoms with Gasteiger partial charge in [0.15, 0.2) is 5.82 Å². The van der Waals surface area contributed by atoms with E-state index >= 15 is 0 Å². The summed E-state index contributed by atoms with van der Waals surface area (Å²) in [5, 5.41) is 3.87. The molecule has 5 nitrogen and oxygen atoms in total. The Bertz CT molecular complexity index is 428. The number of nitrogen functional groups attached to an aromatic ring is 1. The van der Waals surface area contributed by atoms with E-state index in [2.05, 4.69) is 20.7 Å². The lowest BCUT2D eigenvalue weighted by molar-refractivity contribution is 0.466. The molecule has 0 aromatic carbocycles. The number of nitrogens with zero attached hydrogens (tertiary/aromatic N) is 2. The summed E-state index contributed by atoms with van der Waals surface area (Å²) in [6.07, 6.45) is 6.98. The maximum Gasteiger partial charge on any atom is 0.239 e. The molecule has 3 rings (SSSR count). The van der Waals surface area contributed by atoms with Crippen LogP contribution in [0.4, 0.5) is 11.8 Å². The summed E-state index contributed by atoms with van der Waals surface area (Å²) in [6, 6.07) is 0. The van der Waals surface area contributed by atoms with Gasteiger partial charge in [0.2, 0.25) is 5.95 Å². The van der Waals surface area contributed by atoms with Crippen molar-refractivity contribution >= 4 is 23.4 Å². The van der Waals surface area contributed by atoms with Crippen LogP contribution in [0.2, 0.25) is 5.02 Å². The lowest BCUT2D eigenvalue weighted by Crippen LogP contribution is -2.19. The van der Waals surface area contributed by atoms with Crippen LogP contribution in [0.5, 0.6) is 0 Å². The molecule has 0 radical (unpaired) electrons. The van der Waals surface area contributed by atoms with E-state index in [4.69, 9.17) is 17.4 Å². The topological polar surface area (TPSA) is 75.9 Å². The largest absolute Gasteiger partial charge is 0.368 e. The molecule has 2 aliphatic carbocycles. The smallest absolute Gasteiger partial charge is 0.239 e. The summed E-state index contributed by atoms with van der Waals surface area (Å²) in [7, 11) is 0. The molecule has 0 amide bonds. The van der Waals surface area contributed by atoms with Crippen LogP contribution in [0.25, 0.3) is 0 Å². The first-order valence-corrected chi connectivity index (χ1v) is 6.34. The van der Waals surface area contributed by atoms with Crippen molar-refractivity contribution in [2.75, 3.05) is 17.3 Å². The fourth-order valence-corrected chi connectivity index (χ4v) is 2.56. The van der Waals surface area contributed by atoms with Gasteiger partial charge in [-0.1, -0.05) is 11.6 Å². The first kappa shape index (κ1) is 11.0. The van der Waals surface area contributed by atoms with Crippen molar-refractivity contribution in [3.05, 3.63) is 11.2 Å². The number of nitrogens with one attached hydrogen (secondary N) is 2. The zero-order valence-corrected chi connectivity index (χ0v) is 10.3. The molecule has 0 unspecified atom stereocenters. The molecule has 2 aliphatic rings. The summed E-state index contributed by atoms with van der Waals surface area (Å²) < 4.78 is 0. The highest BCUT2D eigenvalue weighted by molar-refractivity contribution is 6.32. The normalized spacial score (nSPS) is 21.1. The maximum absolute atomic E-state index is 6.04. The third-order valence-corrected chi connectivity index (χ3v) is 4.09. The van der Waals surface area contributed by atoms with Gasteiger partial charge in [-0.3, -0.25) is 5.43 Å². The van der Waals surface area contributed by atoms with Gasteiger partial charge in [-0.2, -0.15) is 4.98 Å². The van der Waals surface area contributed by atoms with Crippen molar-refractivity contribution in [3.63, 3.8) is 0 Å². The zero-order chi connectivity index (χ0) is 11.9. The molecule has 0 aliphatic heterocycles. The van der Waals surface area contributed by atoms with Gasteiger partial charge in [0.1, 0.15) is 5.02 Å². The van der Waals surface area contributed by atoms with Crippen LogP contribution >= 0.6 is 11.6 Å². The summed E-state index contributed by atoms with van der Waals surface area (Å²) in [5.41, 5.74) is 2.94. The fourth-order valence-electron chi connectivity index (χ4n) is 2.41. The molecular weight excluding hydrogens is 238 g/mol. The molecular formula is C11H16ClN5. The number of halogens is 1. The lowest BCUT2D eigenvalue weighted by atomic mass is 10.0. The molecule has 2 saturated carbocycles. The predicted molar refractivity (Wildman–Crippen MR) is 67.7 cm³/mol. The summed E-state index contributed by atoms with van der Waals surface area (Å²) in [4.78, 5) is 8.16. The first-order chi connectivity index (χ1) is 8.23. The van der Waals surface area contributed by atoms with E-state index in [1.807, 2.05) is 0 Å². The number of anilines is 2. The molecule has 0 spiro atoms. The van der Waals surface area contributed by atoms with Crippen molar-refractivity contribution in [3.8, 4) is 0 Å². The van der Waals surface area contributed by atoms with E-state index in [-0.39, 0.29) is 0 Å². The second kappa shape index (κ2) is 3.99. The van der Waals surface area contributed by atoms with Crippen molar-refractivity contribution in [2.24, 2.45) is 17.2 Å². The van der Waals surface area contributed by atoms with Crippen molar-refractivity contribution in [1.82, 2.24) is 9.97 Å². The zero-order valence-electron chi connectivity index (χ0n) is 9.54. The summed E-state index contributed by atoms with van der Waals surface area (Å²) >= 11 is 6.04. The SMILES string of the molecule is NNc1ncc(Cl)c(NCC2(C3CC3)CC2)n1. The van der Waals surface area contributed by atoms with Gasteiger partial charge in [-0.15, -0.1) is 0 Å². The molecule has 1 aromatic heterocycles. The van der Waals surface area contributed by atoms with Gasteiger partial charge in [0, 0.05) is 6.54 Å². The second-order valence-corrected chi connectivity index (χ2v) is 5.43. The van der Waals surface area contributed by atoms with Crippen LogP contribution in [0.3, 0.4) is 0 Å². The third-order valence-electron chi connectivity index (χ3n) is 3.82. The van der Waals surface area contributed by atoms with Crippen molar-refractivity contribution < 1.29 is 0 Å². The minimum absolute atomic E-state index is 0.383. The third kappa shape index (κ3) is 2.17. The van der Waals surface area contributed by atoms with Crippen LogP contribution in [-0.4, -0.2) is 16.5 Å². The lowest BCUT2D eigenvalue weighted by Gasteiger charge is -2.16. The van der Waals surface area contributed by atoms with E-state index in [9.17, 15) is 0 Å². The van der Waals surface area contributed by atoms with Gasteiger partial charge in [-0.25, -0.2) is 10.8 Å². The molecule has 0 atom stereocenters. The average Bonchev–Trinajstić information content (AvgIpc) is 3.19. The maximum atomic E-state index is 6.04. The molecule has 92 valence electrons. The summed E-state index contributed by atoms with van der Waals surface area (Å²) in [6.45, 7) is 0.957. The van der Waals surface area contributed by atoms with E-state index in [1.165, 1.54) is 25.7 Å². The van der Waals surface area contributed by atoms with E-state index in [0.29, 0.717) is 22.2 Å². The van der Waals surface area contributed by atoms with Crippen molar-refractivity contribution in [2.45, 2.75) is 25.7 Å².